The fourth-order valence-electron chi connectivity index (χ4n) is 0.949. The van der Waals surface area contributed by atoms with E-state index < -0.39 is 6.03 Å². The molecule has 4 N–H and O–H groups in total. The molecule has 1 aromatic heterocycles. The van der Waals surface area contributed by atoms with Gasteiger partial charge in [-0.05, 0) is 13.8 Å². The molecule has 12 heavy (non-hydrogen) atoms. The second kappa shape index (κ2) is 3.17. The van der Waals surface area contributed by atoms with Crippen LogP contribution in [0, 0.1) is 13.8 Å². The van der Waals surface area contributed by atoms with Gasteiger partial charge in [-0.15, -0.1) is 0 Å². The second-order valence-electron chi connectivity index (χ2n) is 2.54. The van der Waals surface area contributed by atoms with Crippen molar-refractivity contribution in [3.63, 3.8) is 0 Å². The van der Waals surface area contributed by atoms with Gasteiger partial charge in [0, 0.05) is 6.07 Å². The van der Waals surface area contributed by atoms with Gasteiger partial charge in [0.15, 0.2) is 0 Å². The molecule has 0 aliphatic carbocycles. The highest BCUT2D eigenvalue weighted by Gasteiger charge is 2.08. The van der Waals surface area contributed by atoms with Crippen LogP contribution >= 0.6 is 0 Å². The van der Waals surface area contributed by atoms with Crippen LogP contribution in [-0.2, 0) is 0 Å². The molecule has 0 saturated carbocycles. The van der Waals surface area contributed by atoms with Gasteiger partial charge in [0.25, 0.3) is 0 Å². The number of aromatic amines is 1. The van der Waals surface area contributed by atoms with Crippen molar-refractivity contribution in [2.75, 3.05) is 5.32 Å². The van der Waals surface area contributed by atoms with Crippen LogP contribution in [0.25, 0.3) is 0 Å². The standard InChI is InChI=1S/C7H10N4O/c1-4-3-5(2)10-7(9-4)11-6(8)12/h3H,1-2H3,(H3,8,9,10,11,12)/p+1. The molecule has 0 aliphatic heterocycles. The Hall–Kier alpha value is -1.65. The van der Waals surface area contributed by atoms with Crippen molar-refractivity contribution < 1.29 is 9.78 Å². The van der Waals surface area contributed by atoms with E-state index in [4.69, 9.17) is 5.73 Å². The Morgan fingerprint density at radius 3 is 2.83 bits per heavy atom. The number of H-pyrrole nitrogens is 1. The molecule has 0 saturated heterocycles. The molecule has 1 heterocycles. The van der Waals surface area contributed by atoms with E-state index in [9.17, 15) is 4.79 Å². The molecule has 5 nitrogen and oxygen atoms in total. The molecular formula is C7H11N4O+. The van der Waals surface area contributed by atoms with E-state index in [0.717, 1.165) is 11.4 Å². The third-order valence-electron chi connectivity index (χ3n) is 1.27. The van der Waals surface area contributed by atoms with Crippen LogP contribution in [0.3, 0.4) is 0 Å². The first kappa shape index (κ1) is 8.45. The molecule has 0 bridgehead atoms. The normalized spacial score (nSPS) is 9.50. The molecule has 1 aromatic rings. The van der Waals surface area contributed by atoms with Crippen molar-refractivity contribution in [1.82, 2.24) is 4.98 Å². The summed E-state index contributed by atoms with van der Waals surface area (Å²) in [6, 6.07) is 1.25. The Kier molecular flexibility index (Phi) is 2.23. The Balaban J connectivity index is 2.93. The van der Waals surface area contributed by atoms with Gasteiger partial charge in [-0.3, -0.25) is 0 Å². The number of primary amides is 1. The van der Waals surface area contributed by atoms with Gasteiger partial charge < -0.3 is 5.73 Å². The molecule has 64 valence electrons. The van der Waals surface area contributed by atoms with Crippen LogP contribution in [0.1, 0.15) is 11.4 Å². The van der Waals surface area contributed by atoms with E-state index in [2.05, 4.69) is 15.3 Å². The summed E-state index contributed by atoms with van der Waals surface area (Å²) in [7, 11) is 0. The average molecular weight is 167 g/mol. The summed E-state index contributed by atoms with van der Waals surface area (Å²) in [6.45, 7) is 3.72. The van der Waals surface area contributed by atoms with Crippen LogP contribution < -0.4 is 16.0 Å². The van der Waals surface area contributed by atoms with E-state index >= 15 is 0 Å². The zero-order chi connectivity index (χ0) is 9.14. The van der Waals surface area contributed by atoms with Crippen molar-refractivity contribution in [3.8, 4) is 0 Å². The lowest BCUT2D eigenvalue weighted by atomic mass is 10.4. The number of carbonyl (C=O) groups is 1. The summed E-state index contributed by atoms with van der Waals surface area (Å²) in [5, 5.41) is 2.36. The number of aromatic nitrogens is 2. The summed E-state index contributed by atoms with van der Waals surface area (Å²) in [5.74, 6) is 0.375. The molecule has 0 aromatic carbocycles. The van der Waals surface area contributed by atoms with Gasteiger partial charge in [-0.2, -0.15) is 5.32 Å². The summed E-state index contributed by atoms with van der Waals surface area (Å²) in [6.07, 6.45) is 0. The van der Waals surface area contributed by atoms with Gasteiger partial charge in [0.1, 0.15) is 5.69 Å². The van der Waals surface area contributed by atoms with E-state index in [-0.39, 0.29) is 0 Å². The number of anilines is 1. The van der Waals surface area contributed by atoms with Crippen LogP contribution in [0.4, 0.5) is 10.7 Å². The summed E-state index contributed by atoms with van der Waals surface area (Å²) in [4.78, 5) is 17.3. The van der Waals surface area contributed by atoms with Crippen molar-refractivity contribution in [1.29, 1.82) is 0 Å². The van der Waals surface area contributed by atoms with E-state index in [1.165, 1.54) is 0 Å². The van der Waals surface area contributed by atoms with E-state index in [1.807, 2.05) is 19.9 Å². The summed E-state index contributed by atoms with van der Waals surface area (Å²) >= 11 is 0. The number of carbonyl (C=O) groups excluding carboxylic acids is 1. The highest BCUT2D eigenvalue weighted by atomic mass is 16.2. The second-order valence-corrected chi connectivity index (χ2v) is 2.54. The topological polar surface area (TPSA) is 82.1 Å². The maximum atomic E-state index is 10.4. The maximum Gasteiger partial charge on any atom is 0.398 e. The average Bonchev–Trinajstić information content (AvgIpc) is 1.81. The fourth-order valence-corrected chi connectivity index (χ4v) is 0.949. The van der Waals surface area contributed by atoms with Gasteiger partial charge in [-0.25, -0.2) is 9.78 Å². The quantitative estimate of drug-likeness (QED) is 0.617. The maximum absolute atomic E-state index is 10.4. The predicted molar refractivity (Wildman–Crippen MR) is 43.5 cm³/mol. The fraction of sp³-hybridized carbons (Fsp3) is 0.286. The number of urea groups is 1. The molecule has 0 spiro atoms. The molecule has 0 aliphatic rings. The molecule has 0 unspecified atom stereocenters. The minimum absolute atomic E-state index is 0.375. The predicted octanol–water partition coefficient (Wildman–Crippen LogP) is 0.00314. The van der Waals surface area contributed by atoms with Crippen molar-refractivity contribution >= 4 is 12.0 Å². The van der Waals surface area contributed by atoms with Gasteiger partial charge >= 0.3 is 12.0 Å². The SMILES string of the molecule is Cc1cc(C)[nH+]c(NC(N)=O)n1. The Labute approximate surface area is 70.0 Å². The zero-order valence-corrected chi connectivity index (χ0v) is 7.01. The Morgan fingerprint density at radius 1 is 1.67 bits per heavy atom. The molecule has 0 radical (unpaired) electrons. The van der Waals surface area contributed by atoms with Crippen LogP contribution in [-0.4, -0.2) is 11.0 Å². The highest BCUT2D eigenvalue weighted by molar-refractivity contribution is 5.84. The molecule has 0 fully saturated rings. The number of nitrogens with one attached hydrogen (secondary N) is 2. The monoisotopic (exact) mass is 167 g/mol. The lowest BCUT2D eigenvalue weighted by Crippen LogP contribution is -2.27. The molecular weight excluding hydrogens is 156 g/mol. The number of rotatable bonds is 1. The van der Waals surface area contributed by atoms with Gasteiger partial charge in [0.2, 0.25) is 0 Å². The van der Waals surface area contributed by atoms with Gasteiger partial charge in [0.05, 0.1) is 5.69 Å². The minimum atomic E-state index is -0.622. The van der Waals surface area contributed by atoms with Gasteiger partial charge in [-0.1, -0.05) is 4.98 Å². The molecule has 2 amide bonds. The minimum Gasteiger partial charge on any atom is -0.338 e. The van der Waals surface area contributed by atoms with Crippen molar-refractivity contribution in [3.05, 3.63) is 17.5 Å². The Morgan fingerprint density at radius 2 is 2.33 bits per heavy atom. The number of amides is 2. The lowest BCUT2D eigenvalue weighted by Gasteiger charge is -1.94. The lowest BCUT2D eigenvalue weighted by molar-refractivity contribution is -0.374. The Bertz CT molecular complexity index is 290. The first-order chi connectivity index (χ1) is 5.58. The first-order valence-electron chi connectivity index (χ1n) is 3.52. The van der Waals surface area contributed by atoms with E-state index in [0.29, 0.717) is 5.95 Å². The molecule has 5 heteroatoms. The zero-order valence-electron chi connectivity index (χ0n) is 7.01. The van der Waals surface area contributed by atoms with Crippen molar-refractivity contribution in [2.24, 2.45) is 5.73 Å². The number of hydrogen-bond donors (Lipinski definition) is 2. The number of aryl methyl sites for hydroxylation is 2. The molecule has 0 atom stereocenters. The summed E-state index contributed by atoms with van der Waals surface area (Å²) in [5.41, 5.74) is 6.67. The number of nitrogens with two attached hydrogens (primary N) is 1. The van der Waals surface area contributed by atoms with Crippen LogP contribution in [0.2, 0.25) is 0 Å². The smallest absolute Gasteiger partial charge is 0.338 e. The third-order valence-corrected chi connectivity index (χ3v) is 1.27. The largest absolute Gasteiger partial charge is 0.398 e. The molecule has 1 rings (SSSR count). The van der Waals surface area contributed by atoms with Crippen LogP contribution in [0.5, 0.6) is 0 Å². The first-order valence-corrected chi connectivity index (χ1v) is 3.52. The van der Waals surface area contributed by atoms with Crippen LogP contribution in [0.15, 0.2) is 6.07 Å². The van der Waals surface area contributed by atoms with Crippen molar-refractivity contribution in [2.45, 2.75) is 13.8 Å². The summed E-state index contributed by atoms with van der Waals surface area (Å²) < 4.78 is 0. The number of hydrogen-bond acceptors (Lipinski definition) is 2. The third kappa shape index (κ3) is 2.19. The highest BCUT2D eigenvalue weighted by Crippen LogP contribution is 1.97. The van der Waals surface area contributed by atoms with E-state index in [1.54, 1.807) is 0 Å². The number of nitrogens with zero attached hydrogens (tertiary/aromatic N) is 1.